The second-order valence-electron chi connectivity index (χ2n) is 6.01. The number of aromatic nitrogens is 2. The van der Waals surface area contributed by atoms with E-state index in [1.165, 1.54) is 33.8 Å². The quantitative estimate of drug-likeness (QED) is 0.490. The smallest absolute Gasteiger partial charge is 0.267 e. The summed E-state index contributed by atoms with van der Waals surface area (Å²) < 4.78 is 0. The Morgan fingerprint density at radius 3 is 2.15 bits per heavy atom. The second kappa shape index (κ2) is 8.24. The number of nitrogens with one attached hydrogen (secondary N) is 1. The van der Waals surface area contributed by atoms with Crippen molar-refractivity contribution < 1.29 is 4.79 Å². The molecule has 4 rings (SSSR count). The number of benzene rings is 2. The van der Waals surface area contributed by atoms with Crippen LogP contribution < -0.4 is 5.32 Å². The van der Waals surface area contributed by atoms with Crippen LogP contribution in [0.25, 0.3) is 0 Å². The maximum Gasteiger partial charge on any atom is 0.267 e. The lowest BCUT2D eigenvalue weighted by Gasteiger charge is -2.16. The number of hydrogen-bond acceptors (Lipinski definition) is 5. The summed E-state index contributed by atoms with van der Waals surface area (Å²) in [5.74, 6) is 0.0524. The van der Waals surface area contributed by atoms with E-state index in [4.69, 9.17) is 0 Å². The van der Waals surface area contributed by atoms with E-state index in [1.807, 2.05) is 23.6 Å². The molecule has 0 aliphatic rings. The zero-order valence-electron chi connectivity index (χ0n) is 14.4. The highest BCUT2D eigenvalue weighted by Crippen LogP contribution is 2.30. The fourth-order valence-electron chi connectivity index (χ4n) is 2.93. The lowest BCUT2D eigenvalue weighted by molar-refractivity contribution is 0.103. The fraction of sp³-hybridized carbons (Fsp3) is 0.0952. The number of carbonyl (C=O) groups excluding carboxylic acids is 1. The Balaban J connectivity index is 1.54. The minimum Gasteiger partial charge on any atom is -0.296 e. The van der Waals surface area contributed by atoms with Gasteiger partial charge in [0.1, 0.15) is 5.01 Å². The van der Waals surface area contributed by atoms with Crippen LogP contribution in [0.4, 0.5) is 5.13 Å². The molecule has 1 N–H and O–H groups in total. The van der Waals surface area contributed by atoms with Gasteiger partial charge >= 0.3 is 0 Å². The molecule has 0 saturated heterocycles. The van der Waals surface area contributed by atoms with Crippen molar-refractivity contribution >= 4 is 33.7 Å². The molecule has 2 aromatic heterocycles. The van der Waals surface area contributed by atoms with Crippen LogP contribution in [0.2, 0.25) is 0 Å². The zero-order chi connectivity index (χ0) is 18.5. The van der Waals surface area contributed by atoms with Gasteiger partial charge in [-0.2, -0.15) is 0 Å². The molecule has 2 aromatic carbocycles. The molecule has 0 radical (unpaired) electrons. The van der Waals surface area contributed by atoms with Gasteiger partial charge in [0.05, 0.1) is 4.88 Å². The van der Waals surface area contributed by atoms with E-state index < -0.39 is 0 Å². The van der Waals surface area contributed by atoms with Crippen LogP contribution in [0.5, 0.6) is 0 Å². The first-order valence-corrected chi connectivity index (χ1v) is 10.3. The standard InChI is InChI=1S/C21H17N3OS2/c25-20(18-12-7-13-26-18)22-21-24-23-19(27-21)14-17(15-8-3-1-4-9-15)16-10-5-2-6-11-16/h1-13,17H,14H2,(H,22,24,25). The van der Waals surface area contributed by atoms with Gasteiger partial charge in [-0.05, 0) is 22.6 Å². The molecular formula is C21H17N3OS2. The molecule has 0 unspecified atom stereocenters. The Bertz CT molecular complexity index is 959. The van der Waals surface area contributed by atoms with Gasteiger partial charge in [0, 0.05) is 12.3 Å². The number of hydrogen-bond donors (Lipinski definition) is 1. The average molecular weight is 392 g/mol. The predicted molar refractivity (Wildman–Crippen MR) is 111 cm³/mol. The van der Waals surface area contributed by atoms with E-state index in [0.717, 1.165) is 11.4 Å². The normalized spacial score (nSPS) is 10.9. The first-order valence-electron chi connectivity index (χ1n) is 8.57. The van der Waals surface area contributed by atoms with E-state index in [2.05, 4.69) is 64.0 Å². The van der Waals surface area contributed by atoms with Crippen molar-refractivity contribution in [2.45, 2.75) is 12.3 Å². The van der Waals surface area contributed by atoms with Crippen molar-refractivity contribution in [1.82, 2.24) is 10.2 Å². The third-order valence-electron chi connectivity index (χ3n) is 4.21. The van der Waals surface area contributed by atoms with E-state index in [9.17, 15) is 4.79 Å². The van der Waals surface area contributed by atoms with Crippen LogP contribution in [0, 0.1) is 0 Å². The molecule has 4 aromatic rings. The molecule has 0 fully saturated rings. The van der Waals surface area contributed by atoms with E-state index in [0.29, 0.717) is 10.0 Å². The van der Waals surface area contributed by atoms with E-state index >= 15 is 0 Å². The largest absolute Gasteiger partial charge is 0.296 e. The Labute approximate surface area is 165 Å². The molecule has 4 nitrogen and oxygen atoms in total. The lowest BCUT2D eigenvalue weighted by atomic mass is 9.89. The molecule has 1 amide bonds. The van der Waals surface area contributed by atoms with Crippen molar-refractivity contribution in [3.05, 3.63) is 99.2 Å². The molecule has 0 spiro atoms. The Morgan fingerprint density at radius 1 is 0.889 bits per heavy atom. The summed E-state index contributed by atoms with van der Waals surface area (Å²) in [6.07, 6.45) is 0.737. The highest BCUT2D eigenvalue weighted by molar-refractivity contribution is 7.15. The minimum atomic E-state index is -0.143. The van der Waals surface area contributed by atoms with Crippen LogP contribution in [0.1, 0.15) is 31.7 Å². The molecule has 6 heteroatoms. The molecule has 0 aliphatic carbocycles. The minimum absolute atomic E-state index is 0.143. The number of carbonyl (C=O) groups is 1. The maximum absolute atomic E-state index is 12.2. The van der Waals surface area contributed by atoms with Gasteiger partial charge in [-0.25, -0.2) is 0 Å². The Hall–Kier alpha value is -2.83. The summed E-state index contributed by atoms with van der Waals surface area (Å²) in [6.45, 7) is 0. The van der Waals surface area contributed by atoms with Crippen molar-refractivity contribution in [2.75, 3.05) is 5.32 Å². The highest BCUT2D eigenvalue weighted by atomic mass is 32.1. The molecule has 134 valence electrons. The van der Waals surface area contributed by atoms with Gasteiger partial charge < -0.3 is 0 Å². The topological polar surface area (TPSA) is 54.9 Å². The number of anilines is 1. The van der Waals surface area contributed by atoms with Crippen molar-refractivity contribution in [2.24, 2.45) is 0 Å². The van der Waals surface area contributed by atoms with Gasteiger partial charge in [-0.15, -0.1) is 21.5 Å². The van der Waals surface area contributed by atoms with Gasteiger partial charge in [-0.1, -0.05) is 78.1 Å². The maximum atomic E-state index is 12.2. The first kappa shape index (κ1) is 17.6. The number of nitrogens with zero attached hydrogens (tertiary/aromatic N) is 2. The van der Waals surface area contributed by atoms with Crippen LogP contribution in [0.15, 0.2) is 78.2 Å². The van der Waals surface area contributed by atoms with Crippen molar-refractivity contribution in [1.29, 1.82) is 0 Å². The van der Waals surface area contributed by atoms with Crippen LogP contribution in [0.3, 0.4) is 0 Å². The molecule has 0 atom stereocenters. The molecule has 0 aliphatic heterocycles. The van der Waals surface area contributed by atoms with Crippen molar-refractivity contribution in [3.63, 3.8) is 0 Å². The van der Waals surface area contributed by atoms with Gasteiger partial charge in [0.25, 0.3) is 5.91 Å². The van der Waals surface area contributed by atoms with Gasteiger partial charge in [-0.3, -0.25) is 10.1 Å². The third-order valence-corrected chi connectivity index (χ3v) is 5.94. The second-order valence-corrected chi connectivity index (χ2v) is 8.02. The summed E-state index contributed by atoms with van der Waals surface area (Å²) in [4.78, 5) is 12.9. The monoisotopic (exact) mass is 391 g/mol. The molecule has 27 heavy (non-hydrogen) atoms. The zero-order valence-corrected chi connectivity index (χ0v) is 16.0. The predicted octanol–water partition coefficient (Wildman–Crippen LogP) is 5.23. The molecule has 0 bridgehead atoms. The average Bonchev–Trinajstić information content (AvgIpc) is 3.40. The molecular weight excluding hydrogens is 374 g/mol. The summed E-state index contributed by atoms with van der Waals surface area (Å²) in [5, 5.41) is 14.6. The third kappa shape index (κ3) is 4.30. The SMILES string of the molecule is O=C(Nc1nnc(CC(c2ccccc2)c2ccccc2)s1)c1cccs1. The van der Waals surface area contributed by atoms with Crippen molar-refractivity contribution in [3.8, 4) is 0 Å². The Kier molecular flexibility index (Phi) is 5.37. The Morgan fingerprint density at radius 2 is 1.56 bits per heavy atom. The summed E-state index contributed by atoms with van der Waals surface area (Å²) in [5.41, 5.74) is 2.48. The summed E-state index contributed by atoms with van der Waals surface area (Å²) >= 11 is 2.83. The van der Waals surface area contributed by atoms with Gasteiger partial charge in [0.15, 0.2) is 0 Å². The highest BCUT2D eigenvalue weighted by Gasteiger charge is 2.18. The van der Waals surface area contributed by atoms with Crippen LogP contribution in [-0.4, -0.2) is 16.1 Å². The van der Waals surface area contributed by atoms with Crippen LogP contribution >= 0.6 is 22.7 Å². The molecule has 0 saturated carbocycles. The van der Waals surface area contributed by atoms with Gasteiger partial charge in [0.2, 0.25) is 5.13 Å². The molecule has 2 heterocycles. The fourth-order valence-corrected chi connectivity index (χ4v) is 4.33. The van der Waals surface area contributed by atoms with E-state index in [-0.39, 0.29) is 11.8 Å². The number of rotatable bonds is 6. The van der Waals surface area contributed by atoms with Crippen LogP contribution in [-0.2, 0) is 6.42 Å². The number of thiophene rings is 1. The summed E-state index contributed by atoms with van der Waals surface area (Å²) in [6, 6.07) is 24.5. The summed E-state index contributed by atoms with van der Waals surface area (Å²) in [7, 11) is 0. The number of amides is 1. The first-order chi connectivity index (χ1) is 13.3. The lowest BCUT2D eigenvalue weighted by Crippen LogP contribution is -2.09. The van der Waals surface area contributed by atoms with E-state index in [1.54, 1.807) is 6.07 Å².